The van der Waals surface area contributed by atoms with Crippen LogP contribution in [-0.4, -0.2) is 39.9 Å². The lowest BCUT2D eigenvalue weighted by molar-refractivity contribution is -0.151. The highest BCUT2D eigenvalue weighted by atomic mass is 79.9. The fourth-order valence-corrected chi connectivity index (χ4v) is 4.13. The molecular weight excluding hydrogens is 504 g/mol. The van der Waals surface area contributed by atoms with E-state index in [4.69, 9.17) is 9.47 Å². The van der Waals surface area contributed by atoms with Crippen LogP contribution in [0.3, 0.4) is 0 Å². The van der Waals surface area contributed by atoms with Gasteiger partial charge in [0.05, 0.1) is 12.5 Å². The molecule has 0 saturated carbocycles. The third-order valence-electron chi connectivity index (χ3n) is 5.60. The van der Waals surface area contributed by atoms with Crippen molar-refractivity contribution in [3.8, 4) is 5.75 Å². The highest BCUT2D eigenvalue weighted by Gasteiger charge is 2.36. The Bertz CT molecular complexity index is 1310. The van der Waals surface area contributed by atoms with Crippen LogP contribution in [0.5, 0.6) is 5.75 Å². The molecule has 0 N–H and O–H groups in total. The number of unbranched alkanes of at least 4 members (excludes halogenated alkanes) is 1. The maximum Gasteiger partial charge on any atom is 0.332 e. The first-order chi connectivity index (χ1) is 16.2. The van der Waals surface area contributed by atoms with Crippen LogP contribution in [0.15, 0.2) is 58.1 Å². The second kappa shape index (κ2) is 10.8. The van der Waals surface area contributed by atoms with E-state index in [1.165, 1.54) is 25.5 Å². The molecule has 180 valence electrons. The van der Waals surface area contributed by atoms with E-state index < -0.39 is 29.4 Å². The molecule has 0 fully saturated rings. The molecule has 0 aliphatic heterocycles. The third kappa shape index (κ3) is 4.99. The first-order valence-corrected chi connectivity index (χ1v) is 12.0. The van der Waals surface area contributed by atoms with Gasteiger partial charge in [-0.3, -0.25) is 14.2 Å². The minimum Gasteiger partial charge on any atom is -0.495 e. The summed E-state index contributed by atoms with van der Waals surface area (Å²) in [6.07, 6.45) is 1.49. The summed E-state index contributed by atoms with van der Waals surface area (Å²) >= 11 is 3.39. The molecule has 3 aromatic rings. The summed E-state index contributed by atoms with van der Waals surface area (Å²) in [5, 5.41) is 1.02. The van der Waals surface area contributed by atoms with Crippen LogP contribution in [0, 0.1) is 0 Å². The molecule has 1 aromatic heterocycles. The zero-order valence-corrected chi connectivity index (χ0v) is 21.0. The number of hydrogen-bond acceptors (Lipinski definition) is 6. The molecule has 0 aliphatic carbocycles. The molecule has 2 aromatic carbocycles. The predicted octanol–water partition coefficient (Wildman–Crippen LogP) is 3.51. The molecule has 0 saturated heterocycles. The number of para-hydroxylation sites is 1. The van der Waals surface area contributed by atoms with Gasteiger partial charge in [-0.05, 0) is 38.8 Å². The van der Waals surface area contributed by atoms with Crippen LogP contribution in [-0.2, 0) is 21.6 Å². The lowest BCUT2D eigenvalue weighted by atomic mass is 10.0. The van der Waals surface area contributed by atoms with Gasteiger partial charge in [-0.25, -0.2) is 14.2 Å². The molecular formula is C25H27BrN2O6. The Morgan fingerprint density at radius 2 is 1.71 bits per heavy atom. The van der Waals surface area contributed by atoms with E-state index in [2.05, 4.69) is 15.9 Å². The SMILES string of the molecule is COc1cccc2c(=O)n(C(C)(C)C(=O)OCC(=O)c3ccccc3)c(=O)n(CCCCBr)c12. The standard InChI is InChI=1S/C25H27BrN2O6/c1-25(2,23(31)34-16-19(29)17-10-5-4-6-11-17)28-22(30)18-12-9-13-20(33-3)21(18)27(24(28)32)15-8-7-14-26/h4-6,9-13H,7-8,14-16H2,1-3H3. The maximum atomic E-state index is 13.6. The van der Waals surface area contributed by atoms with Gasteiger partial charge in [0.25, 0.3) is 5.56 Å². The summed E-state index contributed by atoms with van der Waals surface area (Å²) in [5.74, 6) is -0.843. The smallest absolute Gasteiger partial charge is 0.332 e. The number of methoxy groups -OCH3 is 1. The van der Waals surface area contributed by atoms with Crippen LogP contribution in [0.2, 0.25) is 0 Å². The van der Waals surface area contributed by atoms with Gasteiger partial charge in [-0.1, -0.05) is 52.3 Å². The number of ketones is 1. The Kier molecular flexibility index (Phi) is 8.09. The number of aromatic nitrogens is 2. The van der Waals surface area contributed by atoms with Crippen LogP contribution in [0.1, 0.15) is 37.0 Å². The lowest BCUT2D eigenvalue weighted by Gasteiger charge is -2.26. The lowest BCUT2D eigenvalue weighted by Crippen LogP contribution is -2.53. The Balaban J connectivity index is 2.04. The van der Waals surface area contributed by atoms with E-state index in [0.29, 0.717) is 29.8 Å². The van der Waals surface area contributed by atoms with Crippen molar-refractivity contribution in [1.82, 2.24) is 9.13 Å². The second-order valence-electron chi connectivity index (χ2n) is 8.25. The van der Waals surface area contributed by atoms with Gasteiger partial charge in [-0.15, -0.1) is 0 Å². The normalized spacial score (nSPS) is 11.4. The topological polar surface area (TPSA) is 96.6 Å². The minimum atomic E-state index is -1.65. The monoisotopic (exact) mass is 530 g/mol. The number of esters is 1. The highest BCUT2D eigenvalue weighted by molar-refractivity contribution is 9.09. The molecule has 1 heterocycles. The molecule has 0 amide bonds. The van der Waals surface area contributed by atoms with Crippen molar-refractivity contribution in [3.05, 3.63) is 74.9 Å². The van der Waals surface area contributed by atoms with Crippen molar-refractivity contribution < 1.29 is 19.1 Å². The number of carbonyl (C=O) groups is 2. The van der Waals surface area contributed by atoms with Crippen molar-refractivity contribution in [2.75, 3.05) is 19.0 Å². The number of hydrogen-bond donors (Lipinski definition) is 0. The quantitative estimate of drug-likeness (QED) is 0.172. The summed E-state index contributed by atoms with van der Waals surface area (Å²) in [7, 11) is 1.47. The van der Waals surface area contributed by atoms with Crippen LogP contribution < -0.4 is 16.0 Å². The predicted molar refractivity (Wildman–Crippen MR) is 133 cm³/mol. The molecule has 0 aliphatic rings. The summed E-state index contributed by atoms with van der Waals surface area (Å²) in [4.78, 5) is 52.4. The zero-order chi connectivity index (χ0) is 24.9. The number of Topliss-reactive ketones (excluding diaryl/α,β-unsaturated/α-hetero) is 1. The molecule has 9 heteroatoms. The van der Waals surface area contributed by atoms with Crippen LogP contribution in [0.4, 0.5) is 0 Å². The van der Waals surface area contributed by atoms with E-state index in [1.54, 1.807) is 48.5 Å². The van der Waals surface area contributed by atoms with Gasteiger partial charge in [0, 0.05) is 17.4 Å². The number of fused-ring (bicyclic) bond motifs is 1. The summed E-state index contributed by atoms with van der Waals surface area (Å²) in [6, 6.07) is 13.4. The third-order valence-corrected chi connectivity index (χ3v) is 6.16. The van der Waals surface area contributed by atoms with E-state index in [-0.39, 0.29) is 11.2 Å². The molecule has 3 rings (SSSR count). The Morgan fingerprint density at radius 3 is 2.35 bits per heavy atom. The number of rotatable bonds is 10. The van der Waals surface area contributed by atoms with Crippen molar-refractivity contribution in [3.63, 3.8) is 0 Å². The Hall–Kier alpha value is -3.20. The molecule has 0 atom stereocenters. The summed E-state index contributed by atoms with van der Waals surface area (Å²) in [5.41, 5.74) is -2.15. The minimum absolute atomic E-state index is 0.249. The fraction of sp³-hybridized carbons (Fsp3) is 0.360. The Labute approximate surface area is 205 Å². The molecule has 34 heavy (non-hydrogen) atoms. The average molecular weight is 531 g/mol. The van der Waals surface area contributed by atoms with Gasteiger partial charge < -0.3 is 9.47 Å². The first kappa shape index (κ1) is 25.4. The number of nitrogens with zero attached hydrogens (tertiary/aromatic N) is 2. The van der Waals surface area contributed by atoms with Gasteiger partial charge in [0.15, 0.2) is 12.4 Å². The van der Waals surface area contributed by atoms with Gasteiger partial charge in [-0.2, -0.15) is 0 Å². The van der Waals surface area contributed by atoms with E-state index in [1.807, 2.05) is 0 Å². The van der Waals surface area contributed by atoms with E-state index >= 15 is 0 Å². The average Bonchev–Trinajstić information content (AvgIpc) is 2.84. The number of aryl methyl sites for hydroxylation is 1. The highest BCUT2D eigenvalue weighted by Crippen LogP contribution is 2.24. The molecule has 0 unspecified atom stereocenters. The fourth-order valence-electron chi connectivity index (χ4n) is 3.73. The van der Waals surface area contributed by atoms with Crippen molar-refractivity contribution in [1.29, 1.82) is 0 Å². The number of carbonyl (C=O) groups excluding carboxylic acids is 2. The largest absolute Gasteiger partial charge is 0.495 e. The summed E-state index contributed by atoms with van der Waals surface area (Å²) < 4.78 is 13.0. The van der Waals surface area contributed by atoms with Gasteiger partial charge in [0.1, 0.15) is 16.8 Å². The molecule has 0 bridgehead atoms. The number of ether oxygens (including phenoxy) is 2. The van der Waals surface area contributed by atoms with Crippen molar-refractivity contribution >= 4 is 38.6 Å². The number of alkyl halides is 1. The molecule has 0 spiro atoms. The number of benzene rings is 2. The second-order valence-corrected chi connectivity index (χ2v) is 9.04. The molecule has 0 radical (unpaired) electrons. The van der Waals surface area contributed by atoms with Crippen LogP contribution in [0.25, 0.3) is 10.9 Å². The number of halogens is 1. The molecule has 8 nitrogen and oxygen atoms in total. The van der Waals surface area contributed by atoms with Crippen molar-refractivity contribution in [2.24, 2.45) is 0 Å². The van der Waals surface area contributed by atoms with E-state index in [9.17, 15) is 19.2 Å². The van der Waals surface area contributed by atoms with Gasteiger partial charge >= 0.3 is 11.7 Å². The van der Waals surface area contributed by atoms with Crippen molar-refractivity contribution in [2.45, 2.75) is 38.8 Å². The first-order valence-electron chi connectivity index (χ1n) is 10.9. The zero-order valence-electron chi connectivity index (χ0n) is 19.4. The Morgan fingerprint density at radius 1 is 1.00 bits per heavy atom. The van der Waals surface area contributed by atoms with Crippen LogP contribution >= 0.6 is 15.9 Å². The van der Waals surface area contributed by atoms with Gasteiger partial charge in [0.2, 0.25) is 0 Å². The van der Waals surface area contributed by atoms with E-state index in [0.717, 1.165) is 16.3 Å². The maximum absolute atomic E-state index is 13.6. The summed E-state index contributed by atoms with van der Waals surface area (Å²) in [6.45, 7) is 2.70.